The second-order valence-electron chi connectivity index (χ2n) is 8.04. The standard InChI is InChI=1S/C20H35N7O5/c1-12(2)7-14(22)18(30)26-15(5-3-4-6-21)20(32)27-16(8-13-9-23-11-25-13)19(31)24-10-17(28)29/h9,11-12,14-16H,3-8,10,21-22H2,1-2H3,(H,23,25)(H,24,31)(H,26,30)(H,27,32)(H,28,29). The van der Waals surface area contributed by atoms with E-state index in [0.29, 0.717) is 37.9 Å². The van der Waals surface area contributed by atoms with E-state index >= 15 is 0 Å². The van der Waals surface area contributed by atoms with Crippen LogP contribution < -0.4 is 27.4 Å². The van der Waals surface area contributed by atoms with Crippen molar-refractivity contribution in [3.8, 4) is 0 Å². The number of nitrogens with two attached hydrogens (primary N) is 2. The molecule has 1 rings (SSSR count). The number of nitrogens with one attached hydrogen (secondary N) is 4. The number of H-pyrrole nitrogens is 1. The van der Waals surface area contributed by atoms with Crippen molar-refractivity contribution in [3.63, 3.8) is 0 Å². The van der Waals surface area contributed by atoms with Gasteiger partial charge in [0.05, 0.1) is 12.4 Å². The van der Waals surface area contributed by atoms with Crippen LogP contribution in [0.5, 0.6) is 0 Å². The van der Waals surface area contributed by atoms with Crippen molar-refractivity contribution >= 4 is 23.7 Å². The molecule has 12 nitrogen and oxygen atoms in total. The van der Waals surface area contributed by atoms with Crippen LogP contribution in [0.1, 0.15) is 45.2 Å². The number of carboxylic acid groups (broad SMARTS) is 1. The average Bonchev–Trinajstić information content (AvgIpc) is 3.23. The summed E-state index contributed by atoms with van der Waals surface area (Å²) in [6.07, 6.45) is 5.01. The Hall–Kier alpha value is -2.99. The van der Waals surface area contributed by atoms with Crippen molar-refractivity contribution in [2.75, 3.05) is 13.1 Å². The number of carboxylic acids is 1. The van der Waals surface area contributed by atoms with Crippen LogP contribution in [0.15, 0.2) is 12.5 Å². The summed E-state index contributed by atoms with van der Waals surface area (Å²) in [6.45, 7) is 3.73. The highest BCUT2D eigenvalue weighted by Crippen LogP contribution is 2.07. The summed E-state index contributed by atoms with van der Waals surface area (Å²) >= 11 is 0. The van der Waals surface area contributed by atoms with Gasteiger partial charge in [0, 0.05) is 18.3 Å². The first-order valence-electron chi connectivity index (χ1n) is 10.7. The van der Waals surface area contributed by atoms with Crippen LogP contribution in [-0.4, -0.2) is 70.0 Å². The van der Waals surface area contributed by atoms with Crippen LogP contribution in [0.2, 0.25) is 0 Å². The predicted molar refractivity (Wildman–Crippen MR) is 117 cm³/mol. The molecule has 0 aliphatic rings. The van der Waals surface area contributed by atoms with Gasteiger partial charge in [0.2, 0.25) is 17.7 Å². The van der Waals surface area contributed by atoms with Gasteiger partial charge in [-0.25, -0.2) is 4.98 Å². The predicted octanol–water partition coefficient (Wildman–Crippen LogP) is -1.37. The molecule has 0 aliphatic carbocycles. The Morgan fingerprint density at radius 2 is 1.78 bits per heavy atom. The third kappa shape index (κ3) is 10.4. The number of imidazole rings is 1. The zero-order chi connectivity index (χ0) is 24.1. The Morgan fingerprint density at radius 3 is 2.34 bits per heavy atom. The van der Waals surface area contributed by atoms with E-state index in [1.54, 1.807) is 0 Å². The third-order valence-electron chi connectivity index (χ3n) is 4.67. The van der Waals surface area contributed by atoms with Crippen molar-refractivity contribution in [2.24, 2.45) is 17.4 Å². The fourth-order valence-electron chi connectivity index (χ4n) is 3.04. The van der Waals surface area contributed by atoms with Gasteiger partial charge in [-0.15, -0.1) is 0 Å². The summed E-state index contributed by atoms with van der Waals surface area (Å²) in [6, 6.07) is -2.75. The molecule has 0 fully saturated rings. The Labute approximate surface area is 187 Å². The lowest BCUT2D eigenvalue weighted by Gasteiger charge is -2.24. The smallest absolute Gasteiger partial charge is 0.322 e. The van der Waals surface area contributed by atoms with E-state index in [2.05, 4.69) is 25.9 Å². The summed E-state index contributed by atoms with van der Waals surface area (Å²) in [5.74, 6) is -2.69. The molecule has 0 saturated heterocycles. The highest BCUT2D eigenvalue weighted by Gasteiger charge is 2.28. The minimum absolute atomic E-state index is 0.0630. The van der Waals surface area contributed by atoms with E-state index < -0.39 is 48.4 Å². The molecule has 12 heteroatoms. The van der Waals surface area contributed by atoms with Crippen LogP contribution in [0, 0.1) is 5.92 Å². The molecule has 9 N–H and O–H groups in total. The molecule has 0 aliphatic heterocycles. The molecule has 1 aromatic rings. The monoisotopic (exact) mass is 453 g/mol. The Kier molecular flexibility index (Phi) is 12.0. The summed E-state index contributed by atoms with van der Waals surface area (Å²) in [5, 5.41) is 16.4. The maximum atomic E-state index is 13.0. The number of nitrogens with zero attached hydrogens (tertiary/aromatic N) is 1. The fourth-order valence-corrected chi connectivity index (χ4v) is 3.04. The number of aromatic nitrogens is 2. The van der Waals surface area contributed by atoms with E-state index in [-0.39, 0.29) is 12.3 Å². The van der Waals surface area contributed by atoms with Gasteiger partial charge in [0.15, 0.2) is 0 Å². The summed E-state index contributed by atoms with van der Waals surface area (Å²) in [4.78, 5) is 55.5. The van der Waals surface area contributed by atoms with E-state index in [0.717, 1.165) is 0 Å². The van der Waals surface area contributed by atoms with E-state index in [1.807, 2.05) is 13.8 Å². The summed E-state index contributed by atoms with van der Waals surface area (Å²) < 4.78 is 0. The lowest BCUT2D eigenvalue weighted by molar-refractivity contribution is -0.138. The second kappa shape index (κ2) is 14.1. The SMILES string of the molecule is CC(C)CC(N)C(=O)NC(CCCCN)C(=O)NC(Cc1cnc[nH]1)C(=O)NCC(=O)O. The lowest BCUT2D eigenvalue weighted by Crippen LogP contribution is -2.56. The van der Waals surface area contributed by atoms with E-state index in [9.17, 15) is 19.2 Å². The van der Waals surface area contributed by atoms with E-state index in [1.165, 1.54) is 12.5 Å². The third-order valence-corrected chi connectivity index (χ3v) is 4.67. The van der Waals surface area contributed by atoms with Crippen molar-refractivity contribution < 1.29 is 24.3 Å². The molecule has 180 valence electrons. The maximum absolute atomic E-state index is 13.0. The molecule has 3 unspecified atom stereocenters. The quantitative estimate of drug-likeness (QED) is 0.157. The van der Waals surface area contributed by atoms with Gasteiger partial charge in [-0.1, -0.05) is 13.8 Å². The largest absolute Gasteiger partial charge is 0.480 e. The molecular weight excluding hydrogens is 418 g/mol. The van der Waals surface area contributed by atoms with Crippen LogP contribution >= 0.6 is 0 Å². The topological polar surface area (TPSA) is 205 Å². The normalized spacial score (nSPS) is 13.8. The van der Waals surface area contributed by atoms with E-state index in [4.69, 9.17) is 16.6 Å². The van der Waals surface area contributed by atoms with Gasteiger partial charge in [0.1, 0.15) is 18.6 Å². The molecule has 1 aromatic heterocycles. The van der Waals surface area contributed by atoms with Crippen molar-refractivity contribution in [1.82, 2.24) is 25.9 Å². The number of unbranched alkanes of at least 4 members (excludes halogenated alkanes) is 1. The average molecular weight is 454 g/mol. The maximum Gasteiger partial charge on any atom is 0.322 e. The molecule has 3 amide bonds. The Morgan fingerprint density at radius 1 is 1.09 bits per heavy atom. The number of hydrogen-bond acceptors (Lipinski definition) is 7. The minimum atomic E-state index is -1.21. The Bertz CT molecular complexity index is 739. The first-order chi connectivity index (χ1) is 15.1. The molecule has 0 radical (unpaired) electrons. The van der Waals surface area contributed by atoms with Crippen LogP contribution in [0.4, 0.5) is 0 Å². The van der Waals surface area contributed by atoms with Crippen LogP contribution in [0.3, 0.4) is 0 Å². The minimum Gasteiger partial charge on any atom is -0.480 e. The molecule has 0 spiro atoms. The first-order valence-corrected chi connectivity index (χ1v) is 10.7. The van der Waals surface area contributed by atoms with Gasteiger partial charge in [-0.3, -0.25) is 19.2 Å². The molecule has 0 saturated carbocycles. The number of carbonyl (C=O) groups excluding carboxylic acids is 3. The first kappa shape index (κ1) is 27.0. The molecule has 0 aromatic carbocycles. The number of rotatable bonds is 15. The fraction of sp³-hybridized carbons (Fsp3) is 0.650. The van der Waals surface area contributed by atoms with Crippen molar-refractivity contribution in [3.05, 3.63) is 18.2 Å². The second-order valence-corrected chi connectivity index (χ2v) is 8.04. The number of carbonyl (C=O) groups is 4. The zero-order valence-electron chi connectivity index (χ0n) is 18.6. The highest BCUT2D eigenvalue weighted by molar-refractivity contribution is 5.93. The molecular formula is C20H35N7O5. The van der Waals surface area contributed by atoms with Crippen LogP contribution in [-0.2, 0) is 25.6 Å². The summed E-state index contributed by atoms with van der Waals surface area (Å²) in [5.41, 5.74) is 12.0. The van der Waals surface area contributed by atoms with Crippen LogP contribution in [0.25, 0.3) is 0 Å². The van der Waals surface area contributed by atoms with Gasteiger partial charge < -0.3 is 37.5 Å². The molecule has 3 atom stereocenters. The van der Waals surface area contributed by atoms with Gasteiger partial charge in [-0.05, 0) is 38.1 Å². The molecule has 1 heterocycles. The van der Waals surface area contributed by atoms with Gasteiger partial charge >= 0.3 is 5.97 Å². The highest BCUT2D eigenvalue weighted by atomic mass is 16.4. The number of aromatic amines is 1. The zero-order valence-corrected chi connectivity index (χ0v) is 18.6. The van der Waals surface area contributed by atoms with Gasteiger partial charge in [-0.2, -0.15) is 0 Å². The molecule has 32 heavy (non-hydrogen) atoms. The Balaban J connectivity index is 2.91. The lowest BCUT2D eigenvalue weighted by atomic mass is 10.0. The van der Waals surface area contributed by atoms with Gasteiger partial charge in [0.25, 0.3) is 0 Å². The number of hydrogen-bond donors (Lipinski definition) is 7. The number of amides is 3. The number of aliphatic carboxylic acids is 1. The molecule has 0 bridgehead atoms. The van der Waals surface area contributed by atoms with Crippen molar-refractivity contribution in [2.45, 2.75) is 64.1 Å². The summed E-state index contributed by atoms with van der Waals surface area (Å²) in [7, 11) is 0. The van der Waals surface area contributed by atoms with Crippen molar-refractivity contribution in [1.29, 1.82) is 0 Å².